The Morgan fingerprint density at radius 3 is 2.00 bits per heavy atom. The Hall–Kier alpha value is 0.240. The third-order valence-corrected chi connectivity index (χ3v) is 1.46. The summed E-state index contributed by atoms with van der Waals surface area (Å²) in [6.45, 7) is 0. The zero-order chi connectivity index (χ0) is 10.5. The van der Waals surface area contributed by atoms with Gasteiger partial charge in [-0.05, 0) is 0 Å². The van der Waals surface area contributed by atoms with E-state index in [0.717, 1.165) is 30.9 Å². The number of rotatable bonds is 0. The van der Waals surface area contributed by atoms with E-state index in [4.69, 9.17) is 29.1 Å². The van der Waals surface area contributed by atoms with Crippen LogP contribution < -0.4 is 2.94 Å². The molecule has 0 saturated carbocycles. The fourth-order valence-corrected chi connectivity index (χ4v) is 0.733. The van der Waals surface area contributed by atoms with E-state index in [2.05, 4.69) is 9.97 Å². The molecule has 0 unspecified atom stereocenters. The third-order valence-electron chi connectivity index (χ3n) is 0.749. The van der Waals surface area contributed by atoms with Gasteiger partial charge in [0.15, 0.2) is 0 Å². The first-order valence-electron chi connectivity index (χ1n) is 2.93. The second-order valence-corrected chi connectivity index (χ2v) is 4.24. The Kier molecular flexibility index (Phi) is 5.97. The molecule has 0 bridgehead atoms. The summed E-state index contributed by atoms with van der Waals surface area (Å²) in [5.74, 6) is 0. The van der Waals surface area contributed by atoms with Gasteiger partial charge in [-0.3, -0.25) is 9.11 Å². The minimum atomic E-state index is -4.67. The molecule has 0 radical (unpaired) electrons. The van der Waals surface area contributed by atoms with E-state index >= 15 is 0 Å². The van der Waals surface area contributed by atoms with Crippen LogP contribution in [0.25, 0.3) is 0 Å². The molecule has 0 fully saturated rings. The molecule has 2 N–H and O–H groups in total. The molecule has 1 aromatic heterocycles. The second kappa shape index (κ2) is 5.86. The summed E-state index contributed by atoms with van der Waals surface area (Å²) in [5.41, 5.74) is 0. The Morgan fingerprint density at radius 2 is 1.77 bits per heavy atom. The van der Waals surface area contributed by atoms with Crippen LogP contribution in [0.3, 0.4) is 0 Å². The van der Waals surface area contributed by atoms with Gasteiger partial charge >= 0.3 is 80.4 Å². The Bertz CT molecular complexity index is 324. The van der Waals surface area contributed by atoms with Crippen molar-refractivity contribution in [1.29, 1.82) is 0 Å². The molecule has 0 aliphatic carbocycles. The number of hydrogen-bond acceptors (Lipinski definition) is 4. The van der Waals surface area contributed by atoms with Crippen molar-refractivity contribution >= 4 is 52.9 Å². The van der Waals surface area contributed by atoms with Crippen LogP contribution in [0.4, 0.5) is 0 Å². The third kappa shape index (κ3) is 12.2. The summed E-state index contributed by atoms with van der Waals surface area (Å²) < 4.78 is 32.6. The molecule has 0 aliphatic heterocycles. The molecule has 0 saturated heterocycles. The van der Waals surface area contributed by atoms with Gasteiger partial charge in [-0.15, -0.1) is 0 Å². The summed E-state index contributed by atoms with van der Waals surface area (Å²) in [6, 6.07) is 0. The second-order valence-electron chi connectivity index (χ2n) is 1.93. The summed E-state index contributed by atoms with van der Waals surface area (Å²) in [6.07, 6.45) is 3.25. The molecule has 13 heavy (non-hydrogen) atoms. The van der Waals surface area contributed by atoms with Gasteiger partial charge in [-0.1, -0.05) is 0 Å². The molecular formula is C4H4ClN2NaO4S. The van der Waals surface area contributed by atoms with Crippen molar-refractivity contribution in [3.8, 4) is 0 Å². The molecule has 9 heteroatoms. The maximum absolute atomic E-state index is 8.74. The molecule has 0 spiro atoms. The van der Waals surface area contributed by atoms with Crippen molar-refractivity contribution in [2.75, 3.05) is 0 Å². The van der Waals surface area contributed by atoms with E-state index in [9.17, 15) is 0 Å². The summed E-state index contributed by atoms with van der Waals surface area (Å²) in [4.78, 5) is 7.76. The molecule has 0 amide bonds. The van der Waals surface area contributed by atoms with E-state index in [-0.39, 0.29) is 0 Å². The predicted molar refractivity (Wildman–Crippen MR) is 46.6 cm³/mol. The number of nitrogens with zero attached hydrogens (tertiary/aromatic N) is 2. The topological polar surface area (TPSA) is 100 Å². The van der Waals surface area contributed by atoms with E-state index in [1.54, 1.807) is 12.4 Å². The number of halogens is 1. The van der Waals surface area contributed by atoms with Crippen molar-refractivity contribution in [2.45, 2.75) is 0 Å². The molecular weight excluding hydrogens is 231 g/mol. The minimum absolute atomic E-state index is 0.463. The van der Waals surface area contributed by atoms with Crippen molar-refractivity contribution in [2.24, 2.45) is 0 Å². The van der Waals surface area contributed by atoms with Crippen LogP contribution in [-0.4, -0.2) is 55.4 Å². The van der Waals surface area contributed by atoms with E-state index in [1.807, 2.05) is 0 Å². The maximum atomic E-state index is 8.74. The van der Waals surface area contributed by atoms with Crippen LogP contribution in [0.2, 0.25) is 5.15 Å². The van der Waals surface area contributed by atoms with Crippen LogP contribution in [-0.2, 0) is 10.4 Å². The molecule has 0 aliphatic rings. The molecule has 6 nitrogen and oxygen atoms in total. The monoisotopic (exact) mass is 234 g/mol. The fraction of sp³-hybridized carbons (Fsp3) is 0. The van der Waals surface area contributed by atoms with Crippen LogP contribution in [0.1, 0.15) is 0 Å². The fourth-order valence-electron chi connectivity index (χ4n) is 0.377. The zero-order valence-corrected chi connectivity index (χ0v) is 10.1. The SMILES string of the molecule is O=S(=O)(O)O.[Na][c]1cnc(Cl)cn1. The Morgan fingerprint density at radius 1 is 1.31 bits per heavy atom. The van der Waals surface area contributed by atoms with Gasteiger partial charge < -0.3 is 0 Å². The van der Waals surface area contributed by atoms with Crippen LogP contribution in [0.15, 0.2) is 12.4 Å². The quantitative estimate of drug-likeness (QED) is 0.453. The van der Waals surface area contributed by atoms with Gasteiger partial charge in [0.2, 0.25) is 0 Å². The Balaban J connectivity index is 0.000000252. The van der Waals surface area contributed by atoms with Gasteiger partial charge in [0.25, 0.3) is 0 Å². The summed E-state index contributed by atoms with van der Waals surface area (Å²) >= 11 is 6.39. The summed E-state index contributed by atoms with van der Waals surface area (Å²) in [5, 5.41) is 0.463. The number of aromatic nitrogens is 2. The van der Waals surface area contributed by atoms with Gasteiger partial charge in [0.05, 0.1) is 0 Å². The van der Waals surface area contributed by atoms with Crippen molar-refractivity contribution in [1.82, 2.24) is 9.97 Å². The van der Waals surface area contributed by atoms with Gasteiger partial charge in [-0.2, -0.15) is 8.42 Å². The van der Waals surface area contributed by atoms with Gasteiger partial charge in [0.1, 0.15) is 0 Å². The standard InChI is InChI=1S/C4H2ClN2.Na.H2O4S/c5-4-3-6-1-2-7-4;;1-5(2,3)4/h2-3H;;(H2,1,2,3,4). The number of hydrogen-bond donors (Lipinski definition) is 2. The first-order valence-corrected chi connectivity index (χ1v) is 5.70. The first kappa shape index (κ1) is 13.2. The van der Waals surface area contributed by atoms with Crippen molar-refractivity contribution in [3.63, 3.8) is 0 Å². The molecule has 68 valence electrons. The van der Waals surface area contributed by atoms with Crippen LogP contribution >= 0.6 is 11.6 Å². The van der Waals surface area contributed by atoms with Crippen LogP contribution in [0, 0.1) is 0 Å². The van der Waals surface area contributed by atoms with E-state index in [0.29, 0.717) is 5.15 Å². The molecule has 1 aromatic rings. The van der Waals surface area contributed by atoms with Gasteiger partial charge in [0, 0.05) is 0 Å². The van der Waals surface area contributed by atoms with Crippen LogP contribution in [0.5, 0.6) is 0 Å². The molecule has 1 heterocycles. The Labute approximate surface area is 97.3 Å². The van der Waals surface area contributed by atoms with Crippen molar-refractivity contribution < 1.29 is 17.5 Å². The van der Waals surface area contributed by atoms with Gasteiger partial charge in [-0.25, -0.2) is 0 Å². The first-order chi connectivity index (χ1) is 5.79. The molecule has 0 atom stereocenters. The zero-order valence-electron chi connectivity index (χ0n) is 6.55. The molecule has 0 aromatic carbocycles. The van der Waals surface area contributed by atoms with E-state index < -0.39 is 10.4 Å². The molecule has 1 rings (SSSR count). The average Bonchev–Trinajstić information content (AvgIpc) is 1.92. The predicted octanol–water partition coefficient (Wildman–Crippen LogP) is -0.729. The van der Waals surface area contributed by atoms with E-state index in [1.165, 1.54) is 0 Å². The van der Waals surface area contributed by atoms with Crippen molar-refractivity contribution in [3.05, 3.63) is 17.5 Å². The normalized spacial score (nSPS) is 10.2. The summed E-state index contributed by atoms with van der Waals surface area (Å²) in [7, 11) is -4.67. The average molecular weight is 235 g/mol.